The first-order valence-corrected chi connectivity index (χ1v) is 12.6. The van der Waals surface area contributed by atoms with Crippen LogP contribution in [-0.2, 0) is 16.1 Å². The minimum Gasteiger partial charge on any atom is -0.324 e. The predicted octanol–water partition coefficient (Wildman–Crippen LogP) is 4.95. The molecule has 0 unspecified atom stereocenters. The molecular weight excluding hydrogens is 472 g/mol. The van der Waals surface area contributed by atoms with E-state index >= 15 is 0 Å². The van der Waals surface area contributed by atoms with Crippen molar-refractivity contribution in [3.63, 3.8) is 0 Å². The maximum absolute atomic E-state index is 13.4. The summed E-state index contributed by atoms with van der Waals surface area (Å²) in [5, 5.41) is 4.36. The van der Waals surface area contributed by atoms with E-state index in [0.29, 0.717) is 44.9 Å². The van der Waals surface area contributed by atoms with Gasteiger partial charge in [0.25, 0.3) is 5.56 Å². The fourth-order valence-electron chi connectivity index (χ4n) is 4.03. The van der Waals surface area contributed by atoms with E-state index in [4.69, 9.17) is 16.6 Å². The smallest absolute Gasteiger partial charge is 0.262 e. The summed E-state index contributed by atoms with van der Waals surface area (Å²) in [5.41, 5.74) is 1.65. The van der Waals surface area contributed by atoms with Crippen molar-refractivity contribution >= 4 is 57.5 Å². The third-order valence-corrected chi connectivity index (χ3v) is 6.96. The number of anilines is 2. The van der Waals surface area contributed by atoms with E-state index in [-0.39, 0.29) is 35.6 Å². The number of halogens is 1. The second-order valence-corrected chi connectivity index (χ2v) is 10.2. The van der Waals surface area contributed by atoms with Crippen LogP contribution >= 0.6 is 23.4 Å². The van der Waals surface area contributed by atoms with Gasteiger partial charge in [-0.25, -0.2) is 4.98 Å². The van der Waals surface area contributed by atoms with Crippen LogP contribution in [0.3, 0.4) is 0 Å². The Hall–Kier alpha value is -2.84. The van der Waals surface area contributed by atoms with Gasteiger partial charge in [-0.15, -0.1) is 0 Å². The summed E-state index contributed by atoms with van der Waals surface area (Å²) in [6.07, 6.45) is 1.02. The van der Waals surface area contributed by atoms with Gasteiger partial charge in [0.2, 0.25) is 11.8 Å². The lowest BCUT2D eigenvalue weighted by atomic mass is 10.1. The van der Waals surface area contributed by atoms with Gasteiger partial charge in [0, 0.05) is 24.0 Å². The Bertz CT molecular complexity index is 1310. The molecule has 0 saturated heterocycles. The SMILES string of the molecule is CC(C)CCn1c(SCC(=O)N2c3ccccc3NC(=O)C[C@H]2C)nc2cc(Cl)ccc2c1=O. The van der Waals surface area contributed by atoms with Gasteiger partial charge in [0.1, 0.15) is 0 Å². The van der Waals surface area contributed by atoms with Crippen LogP contribution in [0, 0.1) is 5.92 Å². The van der Waals surface area contributed by atoms with Crippen molar-refractivity contribution < 1.29 is 9.59 Å². The van der Waals surface area contributed by atoms with E-state index in [1.165, 1.54) is 11.8 Å². The molecule has 178 valence electrons. The highest BCUT2D eigenvalue weighted by Crippen LogP contribution is 2.32. The fourth-order valence-corrected chi connectivity index (χ4v) is 5.08. The molecular formula is C25H27ClN4O3S. The van der Waals surface area contributed by atoms with Gasteiger partial charge in [-0.1, -0.05) is 49.3 Å². The van der Waals surface area contributed by atoms with Crippen LogP contribution < -0.4 is 15.8 Å². The number of fused-ring (bicyclic) bond motifs is 2. The number of thioether (sulfide) groups is 1. The molecule has 0 radical (unpaired) electrons. The van der Waals surface area contributed by atoms with E-state index < -0.39 is 0 Å². The second kappa shape index (κ2) is 10.2. The topological polar surface area (TPSA) is 84.3 Å². The summed E-state index contributed by atoms with van der Waals surface area (Å²) in [5.74, 6) is 0.204. The van der Waals surface area contributed by atoms with Crippen LogP contribution in [0.1, 0.15) is 33.6 Å². The molecule has 0 spiro atoms. The summed E-state index contributed by atoms with van der Waals surface area (Å²) in [6.45, 7) is 6.57. The van der Waals surface area contributed by atoms with Crippen LogP contribution in [0.4, 0.5) is 11.4 Å². The van der Waals surface area contributed by atoms with Gasteiger partial charge < -0.3 is 10.2 Å². The average molecular weight is 499 g/mol. The standard InChI is InChI=1S/C25H27ClN4O3S/c1-15(2)10-11-29-24(33)18-9-8-17(26)13-20(18)28-25(29)34-14-23(32)30-16(3)12-22(31)27-19-6-4-5-7-21(19)30/h4-9,13,15-16H,10-12,14H2,1-3H3,(H,27,31)/t16-/m1/s1. The molecule has 2 heterocycles. The zero-order valence-electron chi connectivity index (χ0n) is 19.4. The first-order valence-electron chi connectivity index (χ1n) is 11.3. The molecule has 1 atom stereocenters. The predicted molar refractivity (Wildman–Crippen MR) is 138 cm³/mol. The molecule has 3 aromatic rings. The molecule has 7 nitrogen and oxygen atoms in total. The molecule has 4 rings (SSSR count). The van der Waals surface area contributed by atoms with Crippen molar-refractivity contribution in [1.29, 1.82) is 0 Å². The molecule has 1 aromatic heterocycles. The van der Waals surface area contributed by atoms with Gasteiger partial charge in [0.05, 0.1) is 28.0 Å². The molecule has 9 heteroatoms. The lowest BCUT2D eigenvalue weighted by molar-refractivity contribution is -0.117. The van der Waals surface area contributed by atoms with E-state index in [0.717, 1.165) is 6.42 Å². The Morgan fingerprint density at radius 2 is 2.00 bits per heavy atom. The first kappa shape index (κ1) is 24.3. The summed E-state index contributed by atoms with van der Waals surface area (Å²) in [6, 6.07) is 12.0. The number of rotatable bonds is 6. The van der Waals surface area contributed by atoms with E-state index in [9.17, 15) is 14.4 Å². The molecule has 0 fully saturated rings. The summed E-state index contributed by atoms with van der Waals surface area (Å²) in [7, 11) is 0. The summed E-state index contributed by atoms with van der Waals surface area (Å²) in [4.78, 5) is 45.3. The van der Waals surface area contributed by atoms with Gasteiger partial charge in [-0.3, -0.25) is 19.0 Å². The number of nitrogens with zero attached hydrogens (tertiary/aromatic N) is 3. The Kier molecular flexibility index (Phi) is 7.28. The number of hydrogen-bond donors (Lipinski definition) is 1. The third kappa shape index (κ3) is 5.13. The quantitative estimate of drug-likeness (QED) is 0.384. The molecule has 0 saturated carbocycles. The third-order valence-electron chi connectivity index (χ3n) is 5.77. The van der Waals surface area contributed by atoms with Gasteiger partial charge >= 0.3 is 0 Å². The Morgan fingerprint density at radius 3 is 2.76 bits per heavy atom. The van der Waals surface area contributed by atoms with Crippen LogP contribution in [0.5, 0.6) is 0 Å². The van der Waals surface area contributed by atoms with E-state index in [2.05, 4.69) is 19.2 Å². The Labute approximate surface area is 207 Å². The monoisotopic (exact) mass is 498 g/mol. The molecule has 1 N–H and O–H groups in total. The molecule has 1 aliphatic heterocycles. The lowest BCUT2D eigenvalue weighted by Gasteiger charge is -2.27. The maximum Gasteiger partial charge on any atom is 0.262 e. The van der Waals surface area contributed by atoms with Crippen molar-refractivity contribution in [1.82, 2.24) is 9.55 Å². The number of carbonyl (C=O) groups excluding carboxylic acids is 2. The highest BCUT2D eigenvalue weighted by atomic mass is 35.5. The highest BCUT2D eigenvalue weighted by molar-refractivity contribution is 7.99. The van der Waals surface area contributed by atoms with Crippen LogP contribution in [0.15, 0.2) is 52.4 Å². The van der Waals surface area contributed by atoms with Crippen molar-refractivity contribution in [3.05, 3.63) is 57.8 Å². The number of aromatic nitrogens is 2. The van der Waals surface area contributed by atoms with Crippen molar-refractivity contribution in [2.75, 3.05) is 16.0 Å². The van der Waals surface area contributed by atoms with Crippen molar-refractivity contribution in [2.45, 2.75) is 51.4 Å². The molecule has 0 aliphatic carbocycles. The normalized spacial score (nSPS) is 15.9. The summed E-state index contributed by atoms with van der Waals surface area (Å²) < 4.78 is 1.65. The van der Waals surface area contributed by atoms with E-state index in [1.54, 1.807) is 33.7 Å². The average Bonchev–Trinajstić information content (AvgIpc) is 2.90. The number of hydrogen-bond acceptors (Lipinski definition) is 5. The number of amides is 2. The van der Waals surface area contributed by atoms with E-state index in [1.807, 2.05) is 25.1 Å². The fraction of sp³-hybridized carbons (Fsp3) is 0.360. The zero-order chi connectivity index (χ0) is 24.4. The van der Waals surface area contributed by atoms with Crippen LogP contribution in [0.25, 0.3) is 10.9 Å². The zero-order valence-corrected chi connectivity index (χ0v) is 20.9. The molecule has 34 heavy (non-hydrogen) atoms. The van der Waals surface area contributed by atoms with Crippen molar-refractivity contribution in [2.24, 2.45) is 5.92 Å². The Morgan fingerprint density at radius 1 is 1.24 bits per heavy atom. The van der Waals surface area contributed by atoms with Crippen molar-refractivity contribution in [3.8, 4) is 0 Å². The second-order valence-electron chi connectivity index (χ2n) is 8.87. The minimum absolute atomic E-state index is 0.0764. The first-order chi connectivity index (χ1) is 16.2. The molecule has 0 bridgehead atoms. The number of nitrogens with one attached hydrogen (secondary N) is 1. The highest BCUT2D eigenvalue weighted by Gasteiger charge is 2.29. The van der Waals surface area contributed by atoms with Crippen LogP contribution in [-0.4, -0.2) is 33.2 Å². The van der Waals surface area contributed by atoms with Gasteiger partial charge in [-0.05, 0) is 49.6 Å². The Balaban J connectivity index is 1.66. The number of benzene rings is 2. The maximum atomic E-state index is 13.4. The molecule has 2 aromatic carbocycles. The van der Waals surface area contributed by atoms with Crippen LogP contribution in [0.2, 0.25) is 5.02 Å². The number of para-hydroxylation sites is 2. The minimum atomic E-state index is -0.303. The molecule has 2 amide bonds. The number of carbonyl (C=O) groups is 2. The lowest BCUT2D eigenvalue weighted by Crippen LogP contribution is -2.40. The molecule has 1 aliphatic rings. The van der Waals surface area contributed by atoms with Gasteiger partial charge in [-0.2, -0.15) is 0 Å². The van der Waals surface area contributed by atoms with Gasteiger partial charge in [0.15, 0.2) is 5.16 Å². The summed E-state index contributed by atoms with van der Waals surface area (Å²) >= 11 is 7.37. The largest absolute Gasteiger partial charge is 0.324 e.